The van der Waals surface area contributed by atoms with Gasteiger partial charge >= 0.3 is 0 Å². The SMILES string of the molecule is CC.CO.CSc1cc(C)ccn1. The summed E-state index contributed by atoms with van der Waals surface area (Å²) in [6.07, 6.45) is 3.86. The third-order valence-corrected chi connectivity index (χ3v) is 1.74. The van der Waals surface area contributed by atoms with E-state index < -0.39 is 0 Å². The number of pyridine rings is 1. The van der Waals surface area contributed by atoms with E-state index in [1.807, 2.05) is 32.4 Å². The molecule has 0 spiro atoms. The average molecular weight is 201 g/mol. The second-order valence-electron chi connectivity index (χ2n) is 1.88. The molecule has 76 valence electrons. The Balaban J connectivity index is 0. The van der Waals surface area contributed by atoms with Crippen LogP contribution < -0.4 is 0 Å². The zero-order chi connectivity index (χ0) is 10.7. The number of aromatic nitrogens is 1. The van der Waals surface area contributed by atoms with Crippen molar-refractivity contribution in [3.8, 4) is 0 Å². The molecular formula is C10H19NOS. The normalized spacial score (nSPS) is 7.54. The summed E-state index contributed by atoms with van der Waals surface area (Å²) in [4.78, 5) is 4.12. The molecule has 0 fully saturated rings. The highest BCUT2D eigenvalue weighted by Gasteiger charge is 1.88. The van der Waals surface area contributed by atoms with E-state index in [-0.39, 0.29) is 0 Å². The van der Waals surface area contributed by atoms with E-state index in [2.05, 4.69) is 18.0 Å². The molecule has 0 unspecified atom stereocenters. The molecule has 0 saturated heterocycles. The van der Waals surface area contributed by atoms with Crippen LogP contribution in [0.5, 0.6) is 0 Å². The summed E-state index contributed by atoms with van der Waals surface area (Å²) in [5, 5.41) is 8.09. The Labute approximate surface area is 85.4 Å². The molecule has 2 nitrogen and oxygen atoms in total. The number of nitrogens with zero attached hydrogens (tertiary/aromatic N) is 1. The number of rotatable bonds is 1. The van der Waals surface area contributed by atoms with Crippen LogP contribution in [0.3, 0.4) is 0 Å². The molecule has 1 heterocycles. The lowest BCUT2D eigenvalue weighted by molar-refractivity contribution is 0.399. The standard InChI is InChI=1S/C7H9NS.C2H6.CH4O/c1-6-3-4-8-7(5-6)9-2;2*1-2/h3-5H,1-2H3;1-2H3;2H,1H3. The summed E-state index contributed by atoms with van der Waals surface area (Å²) in [7, 11) is 1.00. The third kappa shape index (κ3) is 7.81. The van der Waals surface area contributed by atoms with Gasteiger partial charge in [-0.3, -0.25) is 0 Å². The van der Waals surface area contributed by atoms with Gasteiger partial charge in [-0.25, -0.2) is 4.98 Å². The fourth-order valence-corrected chi connectivity index (χ4v) is 1.09. The molecule has 0 aliphatic heterocycles. The second-order valence-corrected chi connectivity index (χ2v) is 2.70. The maximum atomic E-state index is 7.00. The molecule has 1 rings (SSSR count). The van der Waals surface area contributed by atoms with Crippen molar-refractivity contribution in [2.45, 2.75) is 25.8 Å². The zero-order valence-corrected chi connectivity index (χ0v) is 9.85. The number of aliphatic hydroxyl groups excluding tert-OH is 1. The van der Waals surface area contributed by atoms with Gasteiger partial charge in [-0.1, -0.05) is 13.8 Å². The van der Waals surface area contributed by atoms with Crippen molar-refractivity contribution in [1.82, 2.24) is 4.98 Å². The minimum absolute atomic E-state index is 1.00. The predicted molar refractivity (Wildman–Crippen MR) is 60.2 cm³/mol. The van der Waals surface area contributed by atoms with Gasteiger partial charge in [0.25, 0.3) is 0 Å². The summed E-state index contributed by atoms with van der Waals surface area (Å²) in [5.41, 5.74) is 1.27. The largest absolute Gasteiger partial charge is 0.400 e. The number of hydrogen-bond acceptors (Lipinski definition) is 3. The van der Waals surface area contributed by atoms with Crippen LogP contribution in [0.25, 0.3) is 0 Å². The van der Waals surface area contributed by atoms with Crippen LogP contribution in [0, 0.1) is 6.92 Å². The average Bonchev–Trinajstić information content (AvgIpc) is 2.24. The van der Waals surface area contributed by atoms with Crippen LogP contribution in [-0.2, 0) is 0 Å². The fourth-order valence-electron chi connectivity index (χ4n) is 0.620. The van der Waals surface area contributed by atoms with Crippen LogP contribution in [0.4, 0.5) is 0 Å². The molecule has 3 heteroatoms. The smallest absolute Gasteiger partial charge is 0.0959 e. The van der Waals surface area contributed by atoms with E-state index in [4.69, 9.17) is 5.11 Å². The van der Waals surface area contributed by atoms with Gasteiger partial charge in [0, 0.05) is 13.3 Å². The summed E-state index contributed by atoms with van der Waals surface area (Å²) >= 11 is 1.67. The summed E-state index contributed by atoms with van der Waals surface area (Å²) in [6, 6.07) is 4.07. The van der Waals surface area contributed by atoms with E-state index in [1.54, 1.807) is 11.8 Å². The highest BCUT2D eigenvalue weighted by molar-refractivity contribution is 7.98. The first kappa shape index (κ1) is 15.0. The molecule has 1 aromatic heterocycles. The second kappa shape index (κ2) is 11.5. The Hall–Kier alpha value is -0.540. The van der Waals surface area contributed by atoms with Crippen LogP contribution in [0.1, 0.15) is 19.4 Å². The molecule has 1 aromatic rings. The van der Waals surface area contributed by atoms with Crippen molar-refractivity contribution in [1.29, 1.82) is 0 Å². The lowest BCUT2D eigenvalue weighted by Gasteiger charge is -1.93. The Bertz CT molecular complexity index is 204. The predicted octanol–water partition coefficient (Wildman–Crippen LogP) is 2.75. The fraction of sp³-hybridized carbons (Fsp3) is 0.500. The molecule has 0 amide bonds. The molecule has 0 atom stereocenters. The van der Waals surface area contributed by atoms with E-state index in [0.29, 0.717) is 0 Å². The number of aliphatic hydroxyl groups is 1. The van der Waals surface area contributed by atoms with Crippen LogP contribution in [0.2, 0.25) is 0 Å². The molecule has 0 bridgehead atoms. The summed E-state index contributed by atoms with van der Waals surface area (Å²) in [6.45, 7) is 6.07. The molecule has 0 aliphatic carbocycles. The van der Waals surface area contributed by atoms with Crippen molar-refractivity contribution in [2.24, 2.45) is 0 Å². The molecule has 0 aromatic carbocycles. The Kier molecular flexibility index (Phi) is 13.2. The highest BCUT2D eigenvalue weighted by atomic mass is 32.2. The molecule has 1 N–H and O–H groups in total. The zero-order valence-electron chi connectivity index (χ0n) is 9.03. The minimum Gasteiger partial charge on any atom is -0.400 e. The molecule has 0 aliphatic rings. The van der Waals surface area contributed by atoms with Crippen molar-refractivity contribution < 1.29 is 5.11 Å². The third-order valence-electron chi connectivity index (χ3n) is 1.10. The van der Waals surface area contributed by atoms with Crippen LogP contribution >= 0.6 is 11.8 Å². The topological polar surface area (TPSA) is 33.1 Å². The van der Waals surface area contributed by atoms with Gasteiger partial charge in [0.2, 0.25) is 0 Å². The lowest BCUT2D eigenvalue weighted by atomic mass is 10.3. The Morgan fingerprint density at radius 3 is 2.15 bits per heavy atom. The van der Waals surface area contributed by atoms with Gasteiger partial charge in [0.15, 0.2) is 0 Å². The van der Waals surface area contributed by atoms with Gasteiger partial charge < -0.3 is 5.11 Å². The van der Waals surface area contributed by atoms with E-state index in [0.717, 1.165) is 12.1 Å². The molecule has 0 saturated carbocycles. The monoisotopic (exact) mass is 201 g/mol. The molecule has 13 heavy (non-hydrogen) atoms. The maximum absolute atomic E-state index is 7.00. The molecule has 0 radical (unpaired) electrons. The highest BCUT2D eigenvalue weighted by Crippen LogP contribution is 2.10. The first-order valence-electron chi connectivity index (χ1n) is 4.24. The first-order chi connectivity index (χ1) is 6.33. The van der Waals surface area contributed by atoms with Gasteiger partial charge in [0.05, 0.1) is 5.03 Å². The first-order valence-corrected chi connectivity index (χ1v) is 5.47. The van der Waals surface area contributed by atoms with Crippen LogP contribution in [0.15, 0.2) is 23.4 Å². The van der Waals surface area contributed by atoms with Gasteiger partial charge in [-0.05, 0) is 30.9 Å². The van der Waals surface area contributed by atoms with E-state index in [1.165, 1.54) is 5.56 Å². The van der Waals surface area contributed by atoms with Crippen molar-refractivity contribution in [2.75, 3.05) is 13.4 Å². The van der Waals surface area contributed by atoms with Gasteiger partial charge in [-0.15, -0.1) is 11.8 Å². The minimum atomic E-state index is 1.00. The van der Waals surface area contributed by atoms with E-state index in [9.17, 15) is 0 Å². The summed E-state index contributed by atoms with van der Waals surface area (Å²) < 4.78 is 0. The van der Waals surface area contributed by atoms with Gasteiger partial charge in [0.1, 0.15) is 0 Å². The van der Waals surface area contributed by atoms with Gasteiger partial charge in [-0.2, -0.15) is 0 Å². The quantitative estimate of drug-likeness (QED) is 0.709. The Morgan fingerprint density at radius 1 is 1.31 bits per heavy atom. The number of aryl methyl sites for hydroxylation is 1. The maximum Gasteiger partial charge on any atom is 0.0959 e. The Morgan fingerprint density at radius 2 is 1.85 bits per heavy atom. The van der Waals surface area contributed by atoms with E-state index >= 15 is 0 Å². The lowest BCUT2D eigenvalue weighted by Crippen LogP contribution is -1.77. The number of hydrogen-bond donors (Lipinski definition) is 1. The van der Waals surface area contributed by atoms with Crippen molar-refractivity contribution >= 4 is 11.8 Å². The summed E-state index contributed by atoms with van der Waals surface area (Å²) in [5.74, 6) is 0. The molecular weight excluding hydrogens is 182 g/mol. The van der Waals surface area contributed by atoms with Crippen LogP contribution in [-0.4, -0.2) is 23.5 Å². The van der Waals surface area contributed by atoms with Crippen molar-refractivity contribution in [3.63, 3.8) is 0 Å². The number of thioether (sulfide) groups is 1. The van der Waals surface area contributed by atoms with Crippen molar-refractivity contribution in [3.05, 3.63) is 23.9 Å².